The van der Waals surface area contributed by atoms with Gasteiger partial charge in [-0.3, -0.25) is 0 Å². The van der Waals surface area contributed by atoms with Crippen molar-refractivity contribution in [1.29, 1.82) is 0 Å². The molecule has 0 bridgehead atoms. The maximum absolute atomic E-state index is 6.14. The lowest BCUT2D eigenvalue weighted by Gasteiger charge is -2.21. The van der Waals surface area contributed by atoms with Gasteiger partial charge in [-0.15, -0.1) is 23.1 Å². The van der Waals surface area contributed by atoms with Gasteiger partial charge in [0, 0.05) is 47.4 Å². The molecular weight excluding hydrogens is 715 g/mol. The minimum Gasteiger partial charge on any atom is -0.496 e. The summed E-state index contributed by atoms with van der Waals surface area (Å²) in [6, 6.07) is 31.7. The quantitative estimate of drug-likeness (QED) is 0.138. The Hall–Kier alpha value is -5.35. The van der Waals surface area contributed by atoms with E-state index in [2.05, 4.69) is 138 Å². The summed E-state index contributed by atoms with van der Waals surface area (Å²) in [5, 5.41) is 0.218. The topological polar surface area (TPSA) is 56.7 Å². The first-order valence-electron chi connectivity index (χ1n) is 17.3. The summed E-state index contributed by atoms with van der Waals surface area (Å²) >= 11 is 4.75. The minimum atomic E-state index is 0.218. The molecule has 264 valence electrons. The maximum Gasteiger partial charge on any atom is 0.180 e. The summed E-state index contributed by atoms with van der Waals surface area (Å²) < 4.78 is 27.4. The molecular formula is C44H37N3O3S3. The van der Waals surface area contributed by atoms with E-state index in [1.165, 1.54) is 27.8 Å². The molecule has 0 aliphatic carbocycles. The standard InChI is InChI=1S/C44H37N3O3S3/c1-47(2)35-21-18-30(36(28-35)48-3)19-22-37-43-44(50-25-24-49-43)38(51-37)23-20-34-17-16-33(41-42(34)46-53-45-41)15-14-29-26-39(31-10-6-4-7-11-31)52-40(27-29)32-12-8-5-9-13-32/h4-23,26-28,39H,24-25H2,1-3H3/b15-14+,22-19+,23-20+. The molecule has 2 aliphatic rings. The van der Waals surface area contributed by atoms with E-state index in [9.17, 15) is 0 Å². The number of hydrogen-bond donors (Lipinski definition) is 0. The van der Waals surface area contributed by atoms with Crippen molar-refractivity contribution >= 4 is 86.8 Å². The van der Waals surface area contributed by atoms with Crippen molar-refractivity contribution in [3.63, 3.8) is 0 Å². The van der Waals surface area contributed by atoms with Crippen LogP contribution in [0.3, 0.4) is 0 Å². The average Bonchev–Trinajstić information content (AvgIpc) is 3.85. The van der Waals surface area contributed by atoms with Crippen LogP contribution in [0, 0.1) is 0 Å². The lowest BCUT2D eigenvalue weighted by molar-refractivity contribution is 0.173. The largest absolute Gasteiger partial charge is 0.496 e. The molecule has 0 saturated heterocycles. The average molecular weight is 752 g/mol. The third kappa shape index (κ3) is 7.60. The van der Waals surface area contributed by atoms with E-state index in [-0.39, 0.29) is 5.25 Å². The number of fused-ring (bicyclic) bond motifs is 2. The highest BCUT2D eigenvalue weighted by Crippen LogP contribution is 2.47. The monoisotopic (exact) mass is 751 g/mol. The lowest BCUT2D eigenvalue weighted by atomic mass is 10.0. The van der Waals surface area contributed by atoms with Crippen molar-refractivity contribution in [3.8, 4) is 17.2 Å². The van der Waals surface area contributed by atoms with Crippen LogP contribution >= 0.6 is 34.8 Å². The van der Waals surface area contributed by atoms with E-state index in [1.807, 2.05) is 31.9 Å². The Balaban J connectivity index is 1.07. The molecule has 6 aromatic rings. The second-order valence-corrected chi connectivity index (χ2v) is 15.5. The second-order valence-electron chi connectivity index (χ2n) is 12.7. The number of benzene rings is 4. The molecule has 1 unspecified atom stereocenters. The molecule has 8 rings (SSSR count). The number of aromatic nitrogens is 2. The number of anilines is 1. The highest BCUT2D eigenvalue weighted by molar-refractivity contribution is 8.08. The number of thioether (sulfide) groups is 1. The zero-order chi connectivity index (χ0) is 36.1. The van der Waals surface area contributed by atoms with Crippen molar-refractivity contribution in [2.45, 2.75) is 5.25 Å². The van der Waals surface area contributed by atoms with E-state index in [0.29, 0.717) is 13.2 Å². The fourth-order valence-electron chi connectivity index (χ4n) is 6.27. The summed E-state index contributed by atoms with van der Waals surface area (Å²) in [5.74, 6) is 2.36. The van der Waals surface area contributed by atoms with Crippen LogP contribution in [0.15, 0.2) is 115 Å². The van der Waals surface area contributed by atoms with Crippen molar-refractivity contribution in [2.24, 2.45) is 0 Å². The zero-order valence-electron chi connectivity index (χ0n) is 29.6. The number of nitrogens with zero attached hydrogens (tertiary/aromatic N) is 3. The third-order valence-electron chi connectivity index (χ3n) is 9.03. The van der Waals surface area contributed by atoms with Gasteiger partial charge < -0.3 is 19.1 Å². The Morgan fingerprint density at radius 1 is 0.717 bits per heavy atom. The fraction of sp³-hybridized carbons (Fsp3) is 0.136. The van der Waals surface area contributed by atoms with Crippen LogP contribution in [-0.2, 0) is 0 Å². The van der Waals surface area contributed by atoms with Gasteiger partial charge in [0.15, 0.2) is 11.5 Å². The van der Waals surface area contributed by atoms with Crippen molar-refractivity contribution in [3.05, 3.63) is 152 Å². The minimum absolute atomic E-state index is 0.218. The maximum atomic E-state index is 6.14. The molecule has 0 radical (unpaired) electrons. The number of rotatable bonds is 10. The van der Waals surface area contributed by atoms with Gasteiger partial charge in [-0.1, -0.05) is 97.1 Å². The summed E-state index contributed by atoms with van der Waals surface area (Å²) in [6.07, 6.45) is 17.3. The van der Waals surface area contributed by atoms with Crippen molar-refractivity contribution < 1.29 is 14.2 Å². The molecule has 0 saturated carbocycles. The molecule has 2 aliphatic heterocycles. The van der Waals surface area contributed by atoms with Gasteiger partial charge in [0.2, 0.25) is 0 Å². The number of thiophene rings is 1. The first kappa shape index (κ1) is 34.7. The number of methoxy groups -OCH3 is 1. The fourth-order valence-corrected chi connectivity index (χ4v) is 9.12. The van der Waals surface area contributed by atoms with Gasteiger partial charge in [-0.05, 0) is 53.1 Å². The highest BCUT2D eigenvalue weighted by atomic mass is 32.2. The van der Waals surface area contributed by atoms with E-state index >= 15 is 0 Å². The SMILES string of the molecule is COc1cc(N(C)C)ccc1/C=C/c1sc(/C=C/c2ccc(/C=C/C3=CC(c4ccccc4)SC(c4ccccc4)=C3)c3nsnc23)c2c1OCCO2. The summed E-state index contributed by atoms with van der Waals surface area (Å²) in [4.78, 5) is 5.30. The third-order valence-corrected chi connectivity index (χ3v) is 11.9. The van der Waals surface area contributed by atoms with Crippen molar-refractivity contribution in [2.75, 3.05) is 39.3 Å². The molecule has 0 amide bonds. The Bertz CT molecular complexity index is 2410. The van der Waals surface area contributed by atoms with E-state index < -0.39 is 0 Å². The van der Waals surface area contributed by atoms with Crippen LogP contribution in [0.2, 0.25) is 0 Å². The lowest BCUT2D eigenvalue weighted by Crippen LogP contribution is -2.14. The summed E-state index contributed by atoms with van der Waals surface area (Å²) in [5.41, 5.74) is 9.53. The molecule has 4 aromatic carbocycles. The number of ether oxygens (including phenoxy) is 3. The second kappa shape index (κ2) is 15.7. The molecule has 0 N–H and O–H groups in total. The van der Waals surface area contributed by atoms with Crippen LogP contribution in [0.5, 0.6) is 17.2 Å². The molecule has 2 aromatic heterocycles. The Morgan fingerprint density at radius 2 is 1.32 bits per heavy atom. The van der Waals surface area contributed by atoms with Crippen LogP contribution < -0.4 is 19.1 Å². The predicted octanol–water partition coefficient (Wildman–Crippen LogP) is 11.4. The summed E-state index contributed by atoms with van der Waals surface area (Å²) in [6.45, 7) is 1.03. The van der Waals surface area contributed by atoms with Gasteiger partial charge in [-0.25, -0.2) is 0 Å². The molecule has 53 heavy (non-hydrogen) atoms. The Labute approximate surface area is 322 Å². The highest BCUT2D eigenvalue weighted by Gasteiger charge is 2.23. The molecule has 1 atom stereocenters. The number of hydrogen-bond acceptors (Lipinski definition) is 9. The first-order chi connectivity index (χ1) is 26.0. The Morgan fingerprint density at radius 3 is 1.96 bits per heavy atom. The van der Waals surface area contributed by atoms with Crippen LogP contribution in [0.1, 0.15) is 42.8 Å². The van der Waals surface area contributed by atoms with Crippen molar-refractivity contribution in [1.82, 2.24) is 8.75 Å². The molecule has 0 spiro atoms. The number of allylic oxidation sites excluding steroid dienone is 3. The Kier molecular flexibility index (Phi) is 10.3. The molecule has 6 nitrogen and oxygen atoms in total. The van der Waals surface area contributed by atoms with Crippen LogP contribution in [0.4, 0.5) is 5.69 Å². The normalized spacial score (nSPS) is 15.7. The zero-order valence-corrected chi connectivity index (χ0v) is 32.0. The van der Waals surface area contributed by atoms with Gasteiger partial charge in [0.1, 0.15) is 30.0 Å². The smallest absolute Gasteiger partial charge is 0.180 e. The van der Waals surface area contributed by atoms with Gasteiger partial charge >= 0.3 is 0 Å². The molecule has 0 fully saturated rings. The summed E-state index contributed by atoms with van der Waals surface area (Å²) in [7, 11) is 5.74. The van der Waals surface area contributed by atoms with E-state index in [1.54, 1.807) is 18.4 Å². The predicted molar refractivity (Wildman–Crippen MR) is 226 cm³/mol. The van der Waals surface area contributed by atoms with E-state index in [4.69, 9.17) is 23.0 Å². The van der Waals surface area contributed by atoms with Crippen LogP contribution in [0.25, 0.3) is 46.3 Å². The van der Waals surface area contributed by atoms with E-state index in [0.717, 1.165) is 66.0 Å². The first-order valence-corrected chi connectivity index (χ1v) is 19.7. The van der Waals surface area contributed by atoms with Crippen LogP contribution in [-0.4, -0.2) is 43.2 Å². The van der Waals surface area contributed by atoms with Gasteiger partial charge in [0.25, 0.3) is 0 Å². The van der Waals surface area contributed by atoms with Gasteiger partial charge in [0.05, 0.1) is 33.8 Å². The molecule has 4 heterocycles. The molecule has 9 heteroatoms. The van der Waals surface area contributed by atoms with Gasteiger partial charge in [-0.2, -0.15) is 8.75 Å².